The average molecular weight is 80.1 g/mol. The quantitative estimate of drug-likeness (QED) is 0.429. The molecule has 0 amide bonds. The van der Waals surface area contributed by atoms with Crippen LogP contribution in [0.2, 0.25) is 0 Å². The molecule has 2 nitrogen and oxygen atoms in total. The lowest BCUT2D eigenvalue weighted by molar-refractivity contribution is 0.895. The summed E-state index contributed by atoms with van der Waals surface area (Å²) < 4.78 is 1.64. The van der Waals surface area contributed by atoms with Crippen LogP contribution in [-0.4, -0.2) is 9.55 Å². The van der Waals surface area contributed by atoms with Crippen LogP contribution in [-0.2, 0) is 7.05 Å². The highest BCUT2D eigenvalue weighted by atomic mass is 15.0. The molecule has 0 bridgehead atoms. The van der Waals surface area contributed by atoms with Crippen molar-refractivity contribution in [2.24, 2.45) is 7.05 Å². The second-order valence-corrected chi connectivity index (χ2v) is 1.05. The van der Waals surface area contributed by atoms with Gasteiger partial charge in [0, 0.05) is 7.05 Å². The molecule has 0 atom stereocenters. The Morgan fingerprint density at radius 3 is 2.83 bits per heavy atom. The Balaban J connectivity index is 3.05. The monoisotopic (exact) mass is 80.0 g/mol. The van der Waals surface area contributed by atoms with E-state index in [0.29, 0.717) is 0 Å². The smallest absolute Gasteiger partial charge is 0.176 e. The molecule has 1 heterocycles. The van der Waals surface area contributed by atoms with E-state index in [2.05, 4.69) is 17.5 Å². The molecule has 0 saturated carbocycles. The van der Waals surface area contributed by atoms with E-state index < -0.39 is 0 Å². The summed E-state index contributed by atoms with van der Waals surface area (Å²) in [6.07, 6.45) is 6.93. The van der Waals surface area contributed by atoms with Crippen LogP contribution >= 0.6 is 0 Å². The highest BCUT2D eigenvalue weighted by Crippen LogP contribution is 1.70. The van der Waals surface area contributed by atoms with E-state index >= 15 is 0 Å². The predicted octanol–water partition coefficient (Wildman–Crippen LogP) is 0.0205. The number of hydrogen-bond acceptors (Lipinski definition) is 1. The highest BCUT2D eigenvalue weighted by molar-refractivity contribution is 4.65. The first-order chi connectivity index (χ1) is 2.89. The standard InChI is InChI=1S/C4H4N2/c1-6-3-2-5-4-6/h2H,1H3. The van der Waals surface area contributed by atoms with Crippen molar-refractivity contribution in [3.8, 4) is 0 Å². The van der Waals surface area contributed by atoms with Gasteiger partial charge in [0.15, 0.2) is 6.33 Å². The summed E-state index contributed by atoms with van der Waals surface area (Å²) in [6, 6.07) is 0. The Kier molecular flexibility index (Phi) is 0.638. The minimum atomic E-state index is 1.57. The molecule has 1 aromatic heterocycles. The van der Waals surface area contributed by atoms with Crippen molar-refractivity contribution < 1.29 is 0 Å². The first-order valence-corrected chi connectivity index (χ1v) is 1.66. The van der Waals surface area contributed by atoms with Crippen molar-refractivity contribution in [2.75, 3.05) is 0 Å². The van der Waals surface area contributed by atoms with Crippen molar-refractivity contribution >= 4 is 0 Å². The fourth-order valence-corrected chi connectivity index (χ4v) is 0.260. The zero-order valence-corrected chi connectivity index (χ0v) is 3.47. The number of aromatic nitrogens is 2. The lowest BCUT2D eigenvalue weighted by atomic mass is 10.9. The summed E-state index contributed by atoms with van der Waals surface area (Å²) in [5.41, 5.74) is 0. The lowest BCUT2D eigenvalue weighted by Gasteiger charge is -1.73. The van der Waals surface area contributed by atoms with Gasteiger partial charge in [0.05, 0.1) is 12.4 Å². The summed E-state index contributed by atoms with van der Waals surface area (Å²) in [7, 11) is 1.83. The molecule has 0 aliphatic heterocycles. The van der Waals surface area contributed by atoms with Gasteiger partial charge in [-0.25, -0.2) is 4.98 Å². The first-order valence-electron chi connectivity index (χ1n) is 1.66. The van der Waals surface area contributed by atoms with Crippen LogP contribution in [0.3, 0.4) is 0 Å². The van der Waals surface area contributed by atoms with Crippen molar-refractivity contribution in [3.05, 3.63) is 18.7 Å². The van der Waals surface area contributed by atoms with Crippen LogP contribution in [0.5, 0.6) is 0 Å². The molecule has 0 aliphatic rings. The van der Waals surface area contributed by atoms with E-state index in [-0.39, 0.29) is 0 Å². The third-order valence-corrected chi connectivity index (χ3v) is 0.524. The van der Waals surface area contributed by atoms with Crippen LogP contribution in [0.15, 0.2) is 6.20 Å². The van der Waals surface area contributed by atoms with Gasteiger partial charge in [-0.05, 0) is 0 Å². The Labute approximate surface area is 36.4 Å². The normalized spacial score (nSPS) is 8.83. The molecule has 0 aromatic carbocycles. The maximum atomic E-state index is 3.60. The van der Waals surface area contributed by atoms with Gasteiger partial charge in [-0.15, -0.1) is 0 Å². The molecule has 30 valence electrons. The van der Waals surface area contributed by atoms with Crippen molar-refractivity contribution in [3.63, 3.8) is 0 Å². The number of imidazole rings is 1. The summed E-state index contributed by atoms with van der Waals surface area (Å²) in [5, 5.41) is 0. The molecule has 2 heteroatoms. The Hall–Kier alpha value is -0.790. The number of nitrogens with zero attached hydrogens (tertiary/aromatic N) is 2. The molecule has 0 aliphatic carbocycles. The minimum Gasteiger partial charge on any atom is -0.323 e. The van der Waals surface area contributed by atoms with Gasteiger partial charge in [0.25, 0.3) is 0 Å². The van der Waals surface area contributed by atoms with Crippen LogP contribution in [0.25, 0.3) is 0 Å². The van der Waals surface area contributed by atoms with E-state index in [9.17, 15) is 0 Å². The van der Waals surface area contributed by atoms with Crippen molar-refractivity contribution in [1.29, 1.82) is 0 Å². The van der Waals surface area contributed by atoms with Gasteiger partial charge in [0.1, 0.15) is 0 Å². The van der Waals surface area contributed by atoms with Gasteiger partial charge in [-0.2, -0.15) is 0 Å². The molecule has 1 rings (SSSR count). The lowest BCUT2D eigenvalue weighted by Crippen LogP contribution is -1.78. The number of rotatable bonds is 0. The molecule has 2 radical (unpaired) electrons. The van der Waals surface area contributed by atoms with Gasteiger partial charge in [-0.3, -0.25) is 0 Å². The number of hydrogen-bond donors (Lipinski definition) is 0. The third kappa shape index (κ3) is 0.407. The molecular formula is C4H4N2. The fraction of sp³-hybridized carbons (Fsp3) is 0.250. The topological polar surface area (TPSA) is 17.8 Å². The van der Waals surface area contributed by atoms with Gasteiger partial charge in [0.2, 0.25) is 0 Å². The maximum Gasteiger partial charge on any atom is 0.176 e. The second-order valence-electron chi connectivity index (χ2n) is 1.05. The maximum absolute atomic E-state index is 3.60. The van der Waals surface area contributed by atoms with Crippen LogP contribution < -0.4 is 0 Å². The Bertz CT molecular complexity index is 109. The molecule has 0 spiro atoms. The largest absolute Gasteiger partial charge is 0.323 e. The Morgan fingerprint density at radius 1 is 1.83 bits per heavy atom. The summed E-state index contributed by atoms with van der Waals surface area (Å²) in [6.45, 7) is 0. The SMILES string of the molecule is Cn1[c]cn[c]1. The van der Waals surface area contributed by atoms with Gasteiger partial charge >= 0.3 is 0 Å². The molecule has 6 heavy (non-hydrogen) atoms. The summed E-state index contributed by atoms with van der Waals surface area (Å²) >= 11 is 0. The van der Waals surface area contributed by atoms with E-state index in [1.165, 1.54) is 0 Å². The zero-order valence-electron chi connectivity index (χ0n) is 3.47. The summed E-state index contributed by atoms with van der Waals surface area (Å²) in [5.74, 6) is 0. The molecule has 0 saturated heterocycles. The van der Waals surface area contributed by atoms with Crippen molar-refractivity contribution in [1.82, 2.24) is 9.55 Å². The Morgan fingerprint density at radius 2 is 2.67 bits per heavy atom. The highest BCUT2D eigenvalue weighted by Gasteiger charge is 1.72. The van der Waals surface area contributed by atoms with Crippen LogP contribution in [0.1, 0.15) is 0 Å². The minimum absolute atomic E-state index is 1.57. The first kappa shape index (κ1) is 3.40. The number of aryl methyl sites for hydroxylation is 1. The molecule has 0 unspecified atom stereocenters. The molecular weight excluding hydrogens is 76.1 g/mol. The molecule has 0 N–H and O–H groups in total. The van der Waals surface area contributed by atoms with Gasteiger partial charge < -0.3 is 4.57 Å². The van der Waals surface area contributed by atoms with E-state index in [0.717, 1.165) is 0 Å². The third-order valence-electron chi connectivity index (χ3n) is 0.524. The second kappa shape index (κ2) is 1.12. The average Bonchev–Trinajstić information content (AvgIpc) is 1.86. The fourth-order valence-electron chi connectivity index (χ4n) is 0.260. The zero-order chi connectivity index (χ0) is 4.41. The molecule has 0 fully saturated rings. The van der Waals surface area contributed by atoms with Crippen LogP contribution in [0.4, 0.5) is 0 Å². The predicted molar refractivity (Wildman–Crippen MR) is 20.9 cm³/mol. The van der Waals surface area contributed by atoms with Gasteiger partial charge in [-0.1, -0.05) is 0 Å². The van der Waals surface area contributed by atoms with E-state index in [1.807, 2.05) is 7.05 Å². The van der Waals surface area contributed by atoms with E-state index in [4.69, 9.17) is 0 Å². The van der Waals surface area contributed by atoms with Crippen molar-refractivity contribution in [2.45, 2.75) is 0 Å². The summed E-state index contributed by atoms with van der Waals surface area (Å²) in [4.78, 5) is 3.60. The molecule has 1 aromatic rings. The van der Waals surface area contributed by atoms with Crippen LogP contribution in [0, 0.1) is 12.5 Å². The van der Waals surface area contributed by atoms with E-state index in [1.54, 1.807) is 10.8 Å².